The molecule has 1 aromatic rings. The molecular formula is C11H13NO4. The monoisotopic (exact) mass is 223 g/mol. The number of carboxylic acid groups (broad SMARTS) is 1. The zero-order chi connectivity index (χ0) is 12.0. The molecule has 0 aliphatic carbocycles. The Morgan fingerprint density at radius 2 is 1.94 bits per heavy atom. The van der Waals surface area contributed by atoms with E-state index in [0.29, 0.717) is 0 Å². The smallest absolute Gasteiger partial charge is 0.324 e. The van der Waals surface area contributed by atoms with Gasteiger partial charge in [0.25, 0.3) is 0 Å². The highest BCUT2D eigenvalue weighted by atomic mass is 16.5. The van der Waals surface area contributed by atoms with Gasteiger partial charge in [0, 0.05) is 0 Å². The maximum atomic E-state index is 11.3. The second kappa shape index (κ2) is 5.87. The maximum Gasteiger partial charge on any atom is 0.324 e. The minimum atomic E-state index is -1.19. The highest BCUT2D eigenvalue weighted by Gasteiger charge is 2.14. The molecule has 1 rings (SSSR count). The lowest BCUT2D eigenvalue weighted by Crippen LogP contribution is -2.35. The number of hydrogen-bond donors (Lipinski definition) is 2. The van der Waals surface area contributed by atoms with Crippen LogP contribution in [0.5, 0.6) is 0 Å². The Labute approximate surface area is 92.8 Å². The lowest BCUT2D eigenvalue weighted by atomic mass is 10.2. The summed E-state index contributed by atoms with van der Waals surface area (Å²) in [5.74, 6) is -1.67. The second-order valence-corrected chi connectivity index (χ2v) is 3.29. The molecule has 86 valence electrons. The number of aliphatic carboxylic acids is 1. The average molecular weight is 223 g/mol. The Balaban J connectivity index is 2.35. The van der Waals surface area contributed by atoms with Crippen molar-refractivity contribution in [2.75, 3.05) is 6.61 Å². The fourth-order valence-electron chi connectivity index (χ4n) is 1.07. The first-order valence-corrected chi connectivity index (χ1v) is 4.77. The van der Waals surface area contributed by atoms with Crippen LogP contribution in [-0.2, 0) is 20.7 Å². The van der Waals surface area contributed by atoms with E-state index in [4.69, 9.17) is 15.6 Å². The first kappa shape index (κ1) is 12.2. The average Bonchev–Trinajstić information content (AvgIpc) is 2.27. The van der Waals surface area contributed by atoms with E-state index in [9.17, 15) is 9.59 Å². The predicted octanol–water partition coefficient (Wildman–Crippen LogP) is 0.184. The predicted molar refractivity (Wildman–Crippen MR) is 56.7 cm³/mol. The number of hydrogen-bond acceptors (Lipinski definition) is 4. The fourth-order valence-corrected chi connectivity index (χ4v) is 1.07. The van der Waals surface area contributed by atoms with Crippen molar-refractivity contribution >= 4 is 11.9 Å². The molecule has 0 aliphatic heterocycles. The lowest BCUT2D eigenvalue weighted by molar-refractivity contribution is -0.147. The molecule has 5 heteroatoms. The van der Waals surface area contributed by atoms with E-state index in [1.807, 2.05) is 18.2 Å². The standard InChI is InChI=1S/C11H13NO4/c12-9(11(14)15)7-16-10(13)6-8-4-2-1-3-5-8/h1-5,9H,6-7,12H2,(H,14,15). The summed E-state index contributed by atoms with van der Waals surface area (Å²) in [6, 6.07) is 7.88. The van der Waals surface area contributed by atoms with Crippen LogP contribution in [0.2, 0.25) is 0 Å². The Hall–Kier alpha value is -1.88. The summed E-state index contributed by atoms with van der Waals surface area (Å²) in [4.78, 5) is 21.6. The Kier molecular flexibility index (Phi) is 4.47. The van der Waals surface area contributed by atoms with Crippen LogP contribution in [0, 0.1) is 0 Å². The van der Waals surface area contributed by atoms with Gasteiger partial charge in [-0.1, -0.05) is 30.3 Å². The van der Waals surface area contributed by atoms with Gasteiger partial charge in [-0.2, -0.15) is 0 Å². The van der Waals surface area contributed by atoms with Crippen molar-refractivity contribution in [3.05, 3.63) is 35.9 Å². The summed E-state index contributed by atoms with van der Waals surface area (Å²) in [5, 5.41) is 8.47. The van der Waals surface area contributed by atoms with Gasteiger partial charge in [-0.15, -0.1) is 0 Å². The summed E-state index contributed by atoms with van der Waals surface area (Å²) in [6.45, 7) is -0.305. The summed E-state index contributed by atoms with van der Waals surface area (Å²) in [5.41, 5.74) is 6.00. The third kappa shape index (κ3) is 4.10. The van der Waals surface area contributed by atoms with E-state index in [-0.39, 0.29) is 13.0 Å². The van der Waals surface area contributed by atoms with Gasteiger partial charge in [-0.25, -0.2) is 0 Å². The lowest BCUT2D eigenvalue weighted by Gasteiger charge is -2.07. The Morgan fingerprint density at radius 3 is 2.50 bits per heavy atom. The minimum absolute atomic E-state index is 0.118. The number of rotatable bonds is 5. The molecule has 0 amide bonds. The van der Waals surface area contributed by atoms with Crippen molar-refractivity contribution in [2.24, 2.45) is 5.73 Å². The molecule has 0 fully saturated rings. The van der Waals surface area contributed by atoms with Crippen molar-refractivity contribution in [1.82, 2.24) is 0 Å². The molecule has 3 N–H and O–H groups in total. The fraction of sp³-hybridized carbons (Fsp3) is 0.273. The number of nitrogens with two attached hydrogens (primary N) is 1. The van der Waals surface area contributed by atoms with E-state index in [2.05, 4.69) is 0 Å². The Bertz CT molecular complexity index is 364. The molecule has 0 radical (unpaired) electrons. The van der Waals surface area contributed by atoms with Crippen molar-refractivity contribution in [1.29, 1.82) is 0 Å². The number of carboxylic acids is 1. The van der Waals surface area contributed by atoms with Crippen molar-refractivity contribution in [2.45, 2.75) is 12.5 Å². The molecule has 0 heterocycles. The zero-order valence-corrected chi connectivity index (χ0v) is 8.63. The molecule has 0 aromatic heterocycles. The first-order valence-electron chi connectivity index (χ1n) is 4.77. The van der Waals surface area contributed by atoms with Crippen LogP contribution in [0.1, 0.15) is 5.56 Å². The molecule has 1 unspecified atom stereocenters. The third-order valence-electron chi connectivity index (χ3n) is 1.93. The van der Waals surface area contributed by atoms with Crippen LogP contribution in [0.4, 0.5) is 0 Å². The normalized spacial score (nSPS) is 11.8. The molecule has 0 saturated heterocycles. The second-order valence-electron chi connectivity index (χ2n) is 3.29. The number of carbonyl (C=O) groups excluding carboxylic acids is 1. The van der Waals surface area contributed by atoms with Crippen molar-refractivity contribution < 1.29 is 19.4 Å². The molecule has 1 atom stereocenters. The first-order chi connectivity index (χ1) is 7.59. The summed E-state index contributed by atoms with van der Waals surface area (Å²) >= 11 is 0. The van der Waals surface area contributed by atoms with Crippen LogP contribution < -0.4 is 5.73 Å². The number of esters is 1. The van der Waals surface area contributed by atoms with E-state index in [1.54, 1.807) is 12.1 Å². The Morgan fingerprint density at radius 1 is 1.31 bits per heavy atom. The van der Waals surface area contributed by atoms with Crippen molar-refractivity contribution in [3.63, 3.8) is 0 Å². The molecule has 1 aromatic carbocycles. The summed E-state index contributed by atoms with van der Waals surface area (Å²) in [7, 11) is 0. The SMILES string of the molecule is NC(COC(=O)Cc1ccccc1)C(=O)O. The van der Waals surface area contributed by atoms with Crippen LogP contribution in [0.15, 0.2) is 30.3 Å². The van der Waals surface area contributed by atoms with Gasteiger partial charge < -0.3 is 15.6 Å². The zero-order valence-electron chi connectivity index (χ0n) is 8.63. The summed E-state index contributed by atoms with van der Waals surface area (Å²) in [6.07, 6.45) is 0.118. The quantitative estimate of drug-likeness (QED) is 0.695. The molecule has 5 nitrogen and oxygen atoms in total. The number of ether oxygens (including phenoxy) is 1. The van der Waals surface area contributed by atoms with Gasteiger partial charge in [-0.05, 0) is 5.56 Å². The molecule has 16 heavy (non-hydrogen) atoms. The molecular weight excluding hydrogens is 210 g/mol. The topological polar surface area (TPSA) is 89.6 Å². The van der Waals surface area contributed by atoms with Crippen LogP contribution >= 0.6 is 0 Å². The van der Waals surface area contributed by atoms with E-state index < -0.39 is 18.0 Å². The molecule has 0 saturated carbocycles. The highest BCUT2D eigenvalue weighted by Crippen LogP contribution is 2.00. The highest BCUT2D eigenvalue weighted by molar-refractivity contribution is 5.75. The maximum absolute atomic E-state index is 11.3. The number of carbonyl (C=O) groups is 2. The van der Waals surface area contributed by atoms with Gasteiger partial charge in [0.2, 0.25) is 0 Å². The van der Waals surface area contributed by atoms with Gasteiger partial charge in [0.1, 0.15) is 12.6 Å². The summed E-state index contributed by atoms with van der Waals surface area (Å²) < 4.78 is 4.72. The van der Waals surface area contributed by atoms with Gasteiger partial charge in [0.05, 0.1) is 6.42 Å². The van der Waals surface area contributed by atoms with E-state index in [1.165, 1.54) is 0 Å². The largest absolute Gasteiger partial charge is 0.480 e. The minimum Gasteiger partial charge on any atom is -0.480 e. The van der Waals surface area contributed by atoms with Crippen LogP contribution in [0.3, 0.4) is 0 Å². The molecule has 0 spiro atoms. The van der Waals surface area contributed by atoms with Gasteiger partial charge >= 0.3 is 11.9 Å². The van der Waals surface area contributed by atoms with Gasteiger partial charge in [0.15, 0.2) is 0 Å². The van der Waals surface area contributed by atoms with Crippen molar-refractivity contribution in [3.8, 4) is 0 Å². The van der Waals surface area contributed by atoms with E-state index in [0.717, 1.165) is 5.56 Å². The number of benzene rings is 1. The van der Waals surface area contributed by atoms with Crippen LogP contribution in [-0.4, -0.2) is 29.7 Å². The molecule has 0 bridgehead atoms. The third-order valence-corrected chi connectivity index (χ3v) is 1.93. The van der Waals surface area contributed by atoms with E-state index >= 15 is 0 Å². The van der Waals surface area contributed by atoms with Gasteiger partial charge in [-0.3, -0.25) is 9.59 Å². The van der Waals surface area contributed by atoms with Crippen LogP contribution in [0.25, 0.3) is 0 Å². The molecule has 0 aliphatic rings.